The zero-order chi connectivity index (χ0) is 17.1. The lowest BCUT2D eigenvalue weighted by Crippen LogP contribution is -2.15. The van der Waals surface area contributed by atoms with Gasteiger partial charge in [-0.3, -0.25) is 0 Å². The van der Waals surface area contributed by atoms with Gasteiger partial charge in [0.15, 0.2) is 4.80 Å². The van der Waals surface area contributed by atoms with Crippen molar-refractivity contribution in [1.82, 2.24) is 4.57 Å². The van der Waals surface area contributed by atoms with Crippen LogP contribution in [0.25, 0.3) is 11.3 Å². The van der Waals surface area contributed by atoms with Crippen LogP contribution in [0.5, 0.6) is 0 Å². The highest BCUT2D eigenvalue weighted by molar-refractivity contribution is 7.07. The third-order valence-corrected chi connectivity index (χ3v) is 4.70. The van der Waals surface area contributed by atoms with E-state index in [4.69, 9.17) is 4.99 Å². The summed E-state index contributed by atoms with van der Waals surface area (Å²) in [6.45, 7) is 8.50. The molecule has 0 unspecified atom stereocenters. The lowest BCUT2D eigenvalue weighted by atomic mass is 10.1. The van der Waals surface area contributed by atoms with E-state index in [9.17, 15) is 4.39 Å². The maximum Gasteiger partial charge on any atom is 0.190 e. The molecule has 4 heteroatoms. The molecule has 0 fully saturated rings. The predicted molar refractivity (Wildman–Crippen MR) is 99.0 cm³/mol. The Morgan fingerprint density at radius 1 is 1.21 bits per heavy atom. The molecule has 1 aromatic heterocycles. The van der Waals surface area contributed by atoms with Gasteiger partial charge in [0.05, 0.1) is 11.4 Å². The number of benzene rings is 2. The van der Waals surface area contributed by atoms with E-state index >= 15 is 0 Å². The molecule has 0 aliphatic heterocycles. The van der Waals surface area contributed by atoms with Crippen LogP contribution in [-0.4, -0.2) is 4.57 Å². The second kappa shape index (κ2) is 6.97. The third kappa shape index (κ3) is 3.24. The summed E-state index contributed by atoms with van der Waals surface area (Å²) in [4.78, 5) is 5.64. The molecule has 24 heavy (non-hydrogen) atoms. The zero-order valence-electron chi connectivity index (χ0n) is 13.8. The first kappa shape index (κ1) is 16.4. The number of hydrogen-bond acceptors (Lipinski definition) is 2. The minimum atomic E-state index is -0.230. The molecule has 122 valence electrons. The monoisotopic (exact) mass is 338 g/mol. The highest BCUT2D eigenvalue weighted by atomic mass is 32.1. The van der Waals surface area contributed by atoms with Crippen molar-refractivity contribution in [2.24, 2.45) is 4.99 Å². The van der Waals surface area contributed by atoms with Crippen molar-refractivity contribution < 1.29 is 4.39 Å². The predicted octanol–water partition coefficient (Wildman–Crippen LogP) is 5.39. The number of hydrogen-bond donors (Lipinski definition) is 0. The molecule has 0 saturated heterocycles. The Morgan fingerprint density at radius 2 is 2.00 bits per heavy atom. The molecule has 2 aromatic carbocycles. The van der Waals surface area contributed by atoms with Crippen LogP contribution in [0.1, 0.15) is 11.1 Å². The number of rotatable bonds is 4. The third-order valence-electron chi connectivity index (χ3n) is 3.84. The van der Waals surface area contributed by atoms with Gasteiger partial charge in [-0.1, -0.05) is 30.3 Å². The van der Waals surface area contributed by atoms with Crippen LogP contribution in [-0.2, 0) is 6.54 Å². The van der Waals surface area contributed by atoms with Crippen molar-refractivity contribution in [3.8, 4) is 11.3 Å². The Bertz CT molecular complexity index is 950. The fraction of sp³-hybridized carbons (Fsp3) is 0.150. The average Bonchev–Trinajstić information content (AvgIpc) is 2.94. The molecule has 0 spiro atoms. The summed E-state index contributed by atoms with van der Waals surface area (Å²) in [7, 11) is 0. The topological polar surface area (TPSA) is 17.3 Å². The maximum absolute atomic E-state index is 14.2. The van der Waals surface area contributed by atoms with Gasteiger partial charge in [0.25, 0.3) is 0 Å². The first-order chi connectivity index (χ1) is 11.6. The van der Waals surface area contributed by atoms with Crippen LogP contribution < -0.4 is 4.80 Å². The van der Waals surface area contributed by atoms with Gasteiger partial charge in [-0.05, 0) is 43.2 Å². The number of nitrogens with zero attached hydrogens (tertiary/aromatic N) is 2. The van der Waals surface area contributed by atoms with Crippen LogP contribution in [0.3, 0.4) is 0 Å². The van der Waals surface area contributed by atoms with E-state index in [1.54, 1.807) is 18.2 Å². The van der Waals surface area contributed by atoms with E-state index in [1.165, 1.54) is 23.0 Å². The Labute approximate surface area is 145 Å². The van der Waals surface area contributed by atoms with Gasteiger partial charge in [-0.25, -0.2) is 9.38 Å². The summed E-state index contributed by atoms with van der Waals surface area (Å²) >= 11 is 1.51. The minimum Gasteiger partial charge on any atom is -0.313 e. The molecule has 0 bridgehead atoms. The molecule has 0 amide bonds. The molecule has 0 atom stereocenters. The molecular weight excluding hydrogens is 319 g/mol. The van der Waals surface area contributed by atoms with Gasteiger partial charge in [0.2, 0.25) is 0 Å². The molecule has 0 aliphatic carbocycles. The quantitative estimate of drug-likeness (QED) is 0.567. The lowest BCUT2D eigenvalue weighted by Gasteiger charge is -2.08. The van der Waals surface area contributed by atoms with E-state index < -0.39 is 0 Å². The van der Waals surface area contributed by atoms with Gasteiger partial charge < -0.3 is 4.57 Å². The molecule has 2 nitrogen and oxygen atoms in total. The van der Waals surface area contributed by atoms with Crippen molar-refractivity contribution in [3.05, 3.63) is 82.2 Å². The summed E-state index contributed by atoms with van der Waals surface area (Å²) in [6, 6.07) is 13.0. The van der Waals surface area contributed by atoms with Gasteiger partial charge in [-0.15, -0.1) is 17.9 Å². The van der Waals surface area contributed by atoms with Crippen LogP contribution in [0.2, 0.25) is 0 Å². The van der Waals surface area contributed by atoms with Crippen molar-refractivity contribution in [2.45, 2.75) is 20.4 Å². The summed E-state index contributed by atoms with van der Waals surface area (Å²) < 4.78 is 16.2. The number of aryl methyl sites for hydroxylation is 2. The Balaban J connectivity index is 2.20. The van der Waals surface area contributed by atoms with Crippen molar-refractivity contribution in [2.75, 3.05) is 0 Å². The van der Waals surface area contributed by atoms with E-state index in [-0.39, 0.29) is 5.82 Å². The molecule has 3 rings (SSSR count). The SMILES string of the molecule is C=CCn1c(-c2ccccc2F)csc1=Nc1cc(C)ccc1C. The summed E-state index contributed by atoms with van der Waals surface area (Å²) in [6.07, 6.45) is 1.80. The molecule has 3 aromatic rings. The second-order valence-electron chi connectivity index (χ2n) is 5.68. The van der Waals surface area contributed by atoms with Gasteiger partial charge >= 0.3 is 0 Å². The summed E-state index contributed by atoms with van der Waals surface area (Å²) in [5, 5.41) is 1.95. The summed E-state index contributed by atoms with van der Waals surface area (Å²) in [5.41, 5.74) is 4.63. The normalized spacial score (nSPS) is 11.7. The van der Waals surface area contributed by atoms with Crippen LogP contribution in [0.4, 0.5) is 10.1 Å². The number of thiazole rings is 1. The first-order valence-electron chi connectivity index (χ1n) is 7.76. The minimum absolute atomic E-state index is 0.230. The molecule has 0 radical (unpaired) electrons. The van der Waals surface area contributed by atoms with Crippen molar-refractivity contribution in [3.63, 3.8) is 0 Å². The first-order valence-corrected chi connectivity index (χ1v) is 8.64. The van der Waals surface area contributed by atoms with Crippen molar-refractivity contribution in [1.29, 1.82) is 0 Å². The van der Waals surface area contributed by atoms with E-state index in [2.05, 4.69) is 31.7 Å². The highest BCUT2D eigenvalue weighted by Crippen LogP contribution is 2.24. The average molecular weight is 338 g/mol. The maximum atomic E-state index is 14.2. The molecule has 0 aliphatic rings. The fourth-order valence-corrected chi connectivity index (χ4v) is 3.47. The van der Waals surface area contributed by atoms with Gasteiger partial charge in [0, 0.05) is 17.5 Å². The highest BCUT2D eigenvalue weighted by Gasteiger charge is 2.11. The molecule has 0 N–H and O–H groups in total. The Hall–Kier alpha value is -2.46. The van der Waals surface area contributed by atoms with Crippen LogP contribution in [0.15, 0.2) is 65.5 Å². The van der Waals surface area contributed by atoms with Gasteiger partial charge in [0.1, 0.15) is 5.82 Å². The van der Waals surface area contributed by atoms with E-state index in [1.807, 2.05) is 22.9 Å². The lowest BCUT2D eigenvalue weighted by molar-refractivity contribution is 0.628. The molecular formula is C20H19FN2S. The zero-order valence-corrected chi connectivity index (χ0v) is 14.6. The van der Waals surface area contributed by atoms with Crippen molar-refractivity contribution >= 4 is 17.0 Å². The number of allylic oxidation sites excluding steroid dienone is 1. The van der Waals surface area contributed by atoms with E-state index in [0.29, 0.717) is 12.1 Å². The molecule has 0 saturated carbocycles. The molecule has 1 heterocycles. The Kier molecular flexibility index (Phi) is 4.76. The fourth-order valence-electron chi connectivity index (χ4n) is 2.55. The number of halogens is 1. The largest absolute Gasteiger partial charge is 0.313 e. The Morgan fingerprint density at radius 3 is 2.75 bits per heavy atom. The van der Waals surface area contributed by atoms with Crippen LogP contribution >= 0.6 is 11.3 Å². The number of aromatic nitrogens is 1. The second-order valence-corrected chi connectivity index (χ2v) is 6.52. The van der Waals surface area contributed by atoms with Gasteiger partial charge in [-0.2, -0.15) is 0 Å². The van der Waals surface area contributed by atoms with Crippen LogP contribution in [0, 0.1) is 19.7 Å². The standard InChI is InChI=1S/C20H19FN2S/c1-4-11-23-19(16-7-5-6-8-17(16)21)13-24-20(23)22-18-12-14(2)9-10-15(18)3/h4-10,12-13H,1,11H2,2-3H3. The van der Waals surface area contributed by atoms with E-state index in [0.717, 1.165) is 21.7 Å². The smallest absolute Gasteiger partial charge is 0.190 e. The summed E-state index contributed by atoms with van der Waals surface area (Å²) in [5.74, 6) is -0.230.